The molecule has 144 valence electrons. The van der Waals surface area contributed by atoms with E-state index >= 15 is 0 Å². The molecule has 1 fully saturated rings. The van der Waals surface area contributed by atoms with Crippen molar-refractivity contribution in [2.24, 2.45) is 0 Å². The first-order chi connectivity index (χ1) is 13.6. The van der Waals surface area contributed by atoms with E-state index in [-0.39, 0.29) is 11.7 Å². The summed E-state index contributed by atoms with van der Waals surface area (Å²) in [6.07, 6.45) is 3.84. The van der Waals surface area contributed by atoms with Crippen LogP contribution < -0.4 is 10.2 Å². The molecular formula is C21H21FN4OS. The van der Waals surface area contributed by atoms with Gasteiger partial charge in [-0.2, -0.15) is 0 Å². The van der Waals surface area contributed by atoms with Crippen molar-refractivity contribution in [3.05, 3.63) is 58.8 Å². The van der Waals surface area contributed by atoms with E-state index in [0.29, 0.717) is 11.7 Å². The van der Waals surface area contributed by atoms with Gasteiger partial charge in [-0.25, -0.2) is 14.4 Å². The highest BCUT2D eigenvalue weighted by Crippen LogP contribution is 2.34. The number of pyridine rings is 1. The number of amides is 1. The van der Waals surface area contributed by atoms with Crippen molar-refractivity contribution >= 4 is 28.7 Å². The Morgan fingerprint density at radius 1 is 1.25 bits per heavy atom. The summed E-state index contributed by atoms with van der Waals surface area (Å²) in [5, 5.41) is 5.82. The number of aromatic nitrogens is 2. The second-order valence-corrected chi connectivity index (χ2v) is 7.82. The largest absolute Gasteiger partial charge is 0.370 e. The predicted molar refractivity (Wildman–Crippen MR) is 110 cm³/mol. The molecule has 0 radical (unpaired) electrons. The Hall–Kier alpha value is -2.80. The molecule has 1 N–H and O–H groups in total. The van der Waals surface area contributed by atoms with Gasteiger partial charge in [-0.3, -0.25) is 4.79 Å². The summed E-state index contributed by atoms with van der Waals surface area (Å²) < 4.78 is 13.5. The first-order valence-corrected chi connectivity index (χ1v) is 10.2. The SMILES string of the molecule is CC(=O)Nc1ccc(N2CCC(c3nc(-c4cccc(F)c4)cs3)CC2)cn1. The molecule has 5 nitrogen and oxygen atoms in total. The van der Waals surface area contributed by atoms with E-state index in [2.05, 4.69) is 15.2 Å². The summed E-state index contributed by atoms with van der Waals surface area (Å²) >= 11 is 1.66. The molecule has 28 heavy (non-hydrogen) atoms. The lowest BCUT2D eigenvalue weighted by atomic mass is 9.97. The molecule has 0 atom stereocenters. The van der Waals surface area contributed by atoms with Crippen LogP contribution in [0.4, 0.5) is 15.9 Å². The van der Waals surface area contributed by atoms with Crippen molar-refractivity contribution in [3.8, 4) is 11.3 Å². The Balaban J connectivity index is 1.38. The van der Waals surface area contributed by atoms with E-state index in [0.717, 1.165) is 47.9 Å². The molecule has 1 aliphatic heterocycles. The Morgan fingerprint density at radius 3 is 2.75 bits per heavy atom. The molecule has 1 aromatic carbocycles. The molecule has 7 heteroatoms. The van der Waals surface area contributed by atoms with Crippen LogP contribution in [0.5, 0.6) is 0 Å². The minimum Gasteiger partial charge on any atom is -0.370 e. The molecule has 0 unspecified atom stereocenters. The highest BCUT2D eigenvalue weighted by molar-refractivity contribution is 7.10. The summed E-state index contributed by atoms with van der Waals surface area (Å²) in [5.74, 6) is 0.634. The molecule has 0 spiro atoms. The van der Waals surface area contributed by atoms with Gasteiger partial charge in [0.2, 0.25) is 5.91 Å². The first-order valence-electron chi connectivity index (χ1n) is 9.28. The number of rotatable bonds is 4. The topological polar surface area (TPSA) is 58.1 Å². The number of hydrogen-bond acceptors (Lipinski definition) is 5. The second-order valence-electron chi connectivity index (χ2n) is 6.93. The number of benzene rings is 1. The monoisotopic (exact) mass is 396 g/mol. The lowest BCUT2D eigenvalue weighted by molar-refractivity contribution is -0.114. The molecule has 4 rings (SSSR count). The van der Waals surface area contributed by atoms with E-state index < -0.39 is 0 Å². The van der Waals surface area contributed by atoms with Gasteiger partial charge in [0, 0.05) is 36.9 Å². The summed E-state index contributed by atoms with van der Waals surface area (Å²) in [7, 11) is 0. The standard InChI is InChI=1S/C21H21FN4OS/c1-14(27)24-20-6-5-18(12-23-20)26-9-7-15(8-10-26)21-25-19(13-28-21)16-3-2-4-17(22)11-16/h2-6,11-13,15H,7-10H2,1H3,(H,23,24,27). The van der Waals surface area contributed by atoms with Crippen LogP contribution in [0.2, 0.25) is 0 Å². The quantitative estimate of drug-likeness (QED) is 0.695. The number of carbonyl (C=O) groups is 1. The molecule has 0 saturated carbocycles. The van der Waals surface area contributed by atoms with E-state index in [1.807, 2.05) is 23.6 Å². The van der Waals surface area contributed by atoms with E-state index in [1.54, 1.807) is 23.6 Å². The molecular weight excluding hydrogens is 375 g/mol. The summed E-state index contributed by atoms with van der Waals surface area (Å²) in [6, 6.07) is 10.4. The van der Waals surface area contributed by atoms with Crippen LogP contribution in [-0.2, 0) is 4.79 Å². The number of halogens is 1. The fourth-order valence-corrected chi connectivity index (χ4v) is 4.47. The number of nitrogens with zero attached hydrogens (tertiary/aromatic N) is 3. The van der Waals surface area contributed by atoms with Gasteiger partial charge in [-0.15, -0.1) is 11.3 Å². The first kappa shape index (κ1) is 18.6. The Bertz CT molecular complexity index is 965. The van der Waals surface area contributed by atoms with Gasteiger partial charge >= 0.3 is 0 Å². The van der Waals surface area contributed by atoms with Crippen molar-refractivity contribution in [3.63, 3.8) is 0 Å². The van der Waals surface area contributed by atoms with Crippen LogP contribution in [0.15, 0.2) is 48.0 Å². The molecule has 3 heterocycles. The Morgan fingerprint density at radius 2 is 2.07 bits per heavy atom. The highest BCUT2D eigenvalue weighted by atomic mass is 32.1. The zero-order valence-electron chi connectivity index (χ0n) is 15.6. The second kappa shape index (κ2) is 8.06. The summed E-state index contributed by atoms with van der Waals surface area (Å²) in [4.78, 5) is 22.5. The van der Waals surface area contributed by atoms with Gasteiger partial charge in [0.15, 0.2) is 0 Å². The van der Waals surface area contributed by atoms with Crippen LogP contribution in [0, 0.1) is 5.82 Å². The predicted octanol–water partition coefficient (Wildman–Crippen LogP) is 4.69. The molecule has 3 aromatic rings. The summed E-state index contributed by atoms with van der Waals surface area (Å²) in [5.41, 5.74) is 2.73. The number of nitrogens with one attached hydrogen (secondary N) is 1. The van der Waals surface area contributed by atoms with Crippen molar-refractivity contribution in [2.45, 2.75) is 25.7 Å². The maximum Gasteiger partial charge on any atom is 0.222 e. The molecule has 1 amide bonds. The van der Waals surface area contributed by atoms with E-state index in [9.17, 15) is 9.18 Å². The zero-order valence-corrected chi connectivity index (χ0v) is 16.4. The summed E-state index contributed by atoms with van der Waals surface area (Å²) in [6.45, 7) is 3.33. The van der Waals surface area contributed by atoms with E-state index in [4.69, 9.17) is 4.98 Å². The van der Waals surface area contributed by atoms with Crippen molar-refractivity contribution in [1.29, 1.82) is 0 Å². The third kappa shape index (κ3) is 4.20. The molecule has 0 bridgehead atoms. The van der Waals surface area contributed by atoms with Gasteiger partial charge in [0.25, 0.3) is 0 Å². The van der Waals surface area contributed by atoms with Gasteiger partial charge < -0.3 is 10.2 Å². The van der Waals surface area contributed by atoms with Crippen LogP contribution in [-0.4, -0.2) is 29.0 Å². The maximum absolute atomic E-state index is 13.5. The fourth-order valence-electron chi connectivity index (χ4n) is 3.47. The number of anilines is 2. The smallest absolute Gasteiger partial charge is 0.222 e. The van der Waals surface area contributed by atoms with Crippen molar-refractivity contribution in [2.75, 3.05) is 23.3 Å². The average Bonchev–Trinajstić information content (AvgIpc) is 3.19. The minimum absolute atomic E-state index is 0.123. The Kier molecular flexibility index (Phi) is 5.34. The highest BCUT2D eigenvalue weighted by Gasteiger charge is 2.23. The average molecular weight is 396 g/mol. The maximum atomic E-state index is 13.5. The lowest BCUT2D eigenvalue weighted by Crippen LogP contribution is -2.32. The van der Waals surface area contributed by atoms with Gasteiger partial charge in [-0.05, 0) is 37.1 Å². The Labute approximate surface area is 167 Å². The lowest BCUT2D eigenvalue weighted by Gasteiger charge is -2.32. The molecule has 2 aromatic heterocycles. The van der Waals surface area contributed by atoms with Gasteiger partial charge in [0.05, 0.1) is 22.6 Å². The van der Waals surface area contributed by atoms with Crippen molar-refractivity contribution in [1.82, 2.24) is 9.97 Å². The van der Waals surface area contributed by atoms with Crippen LogP contribution in [0.25, 0.3) is 11.3 Å². The third-order valence-electron chi connectivity index (χ3n) is 4.90. The van der Waals surface area contributed by atoms with E-state index in [1.165, 1.54) is 19.1 Å². The van der Waals surface area contributed by atoms with Gasteiger partial charge in [-0.1, -0.05) is 12.1 Å². The molecule has 0 aliphatic carbocycles. The zero-order chi connectivity index (χ0) is 19.5. The number of carbonyl (C=O) groups excluding carboxylic acids is 1. The van der Waals surface area contributed by atoms with Crippen LogP contribution in [0.3, 0.4) is 0 Å². The third-order valence-corrected chi connectivity index (χ3v) is 5.91. The molecule has 1 saturated heterocycles. The fraction of sp³-hybridized carbons (Fsp3) is 0.286. The minimum atomic E-state index is -0.238. The van der Waals surface area contributed by atoms with Crippen molar-refractivity contribution < 1.29 is 9.18 Å². The number of piperidine rings is 1. The number of hydrogen-bond donors (Lipinski definition) is 1. The number of thiazole rings is 1. The van der Waals surface area contributed by atoms with Crippen LogP contribution in [0.1, 0.15) is 30.7 Å². The van der Waals surface area contributed by atoms with Crippen LogP contribution >= 0.6 is 11.3 Å². The van der Waals surface area contributed by atoms with Gasteiger partial charge in [0.1, 0.15) is 11.6 Å². The molecule has 1 aliphatic rings. The normalized spacial score (nSPS) is 14.9.